The Hall–Kier alpha value is -6.53. The molecule has 3 aromatic heterocycles. The molecule has 0 saturated carbocycles. The van der Waals surface area contributed by atoms with E-state index in [0.29, 0.717) is 0 Å². The van der Waals surface area contributed by atoms with Crippen molar-refractivity contribution in [3.8, 4) is 22.3 Å². The normalized spacial score (nSPS) is 16.8. The van der Waals surface area contributed by atoms with E-state index in [2.05, 4.69) is 235 Å². The number of benzene rings is 5. The number of hydrogen-bond donors (Lipinski definition) is 0. The van der Waals surface area contributed by atoms with Crippen LogP contribution in [0.1, 0.15) is 155 Å². The van der Waals surface area contributed by atoms with Crippen LogP contribution in [-0.2, 0) is 32.5 Å². The van der Waals surface area contributed by atoms with E-state index in [1.54, 1.807) is 0 Å². The summed E-state index contributed by atoms with van der Waals surface area (Å²) >= 11 is 0. The molecule has 12 rings (SSSR count). The molecule has 5 heterocycles. The van der Waals surface area contributed by atoms with Crippen molar-refractivity contribution in [1.29, 1.82) is 0 Å². The minimum Gasteiger partial charge on any atom is -0.463 e. The van der Waals surface area contributed by atoms with Gasteiger partial charge in [0, 0.05) is 68.4 Å². The number of furan rings is 2. The van der Waals surface area contributed by atoms with Crippen molar-refractivity contribution in [3.63, 3.8) is 0 Å². The molecule has 0 saturated heterocycles. The fraction of sp³-hybridized carbons (Fsp3) is 0.328. The van der Waals surface area contributed by atoms with E-state index >= 15 is 0 Å². The first-order valence-electron chi connectivity index (χ1n) is 25.4. The van der Waals surface area contributed by atoms with Gasteiger partial charge in [-0.1, -0.05) is 165 Å². The van der Waals surface area contributed by atoms with Gasteiger partial charge in [-0.15, -0.1) is 0 Å². The SMILES string of the molecule is CC(C)(C)c1ccc(N2c3cc(C(C)(C)C)ccc3B3c4c2cc(C(C)(C)C)cc4N(c2ccc(C(C)(C)C)cc2)c2oc4c(c23)-c2cc(C(C)(C)C)oc2C42c3ccccc3-c3ccncc32)cc1. The summed E-state index contributed by atoms with van der Waals surface area (Å²) in [6, 6.07) is 44.2. The number of nitrogens with zero attached hydrogens (tertiary/aromatic N) is 3. The van der Waals surface area contributed by atoms with E-state index in [9.17, 15) is 0 Å². The lowest BCUT2D eigenvalue weighted by atomic mass is 9.33. The summed E-state index contributed by atoms with van der Waals surface area (Å²) in [6.07, 6.45) is 3.98. The molecule has 4 aliphatic rings. The molecule has 1 spiro atoms. The van der Waals surface area contributed by atoms with Gasteiger partial charge in [0.2, 0.25) is 5.88 Å². The highest BCUT2D eigenvalue weighted by atomic mass is 16.4. The minimum atomic E-state index is -0.868. The zero-order valence-electron chi connectivity index (χ0n) is 43.9. The number of pyridine rings is 1. The summed E-state index contributed by atoms with van der Waals surface area (Å²) in [5.74, 6) is 3.64. The lowest BCUT2D eigenvalue weighted by Crippen LogP contribution is -2.61. The summed E-state index contributed by atoms with van der Waals surface area (Å²) in [5.41, 5.74) is 20.1. The molecule has 1 unspecified atom stereocenters. The van der Waals surface area contributed by atoms with E-state index < -0.39 is 5.41 Å². The van der Waals surface area contributed by atoms with E-state index in [-0.39, 0.29) is 33.8 Å². The van der Waals surface area contributed by atoms with Crippen molar-refractivity contribution >= 4 is 57.4 Å². The molecule has 2 aliphatic carbocycles. The lowest BCUT2D eigenvalue weighted by molar-refractivity contribution is 0.356. The van der Waals surface area contributed by atoms with Crippen LogP contribution in [0.5, 0.6) is 0 Å². The van der Waals surface area contributed by atoms with Crippen LogP contribution >= 0.6 is 0 Å². The molecule has 70 heavy (non-hydrogen) atoms. The highest BCUT2D eigenvalue weighted by molar-refractivity contribution is 7.01. The smallest absolute Gasteiger partial charge is 0.257 e. The van der Waals surface area contributed by atoms with Crippen molar-refractivity contribution in [3.05, 3.63) is 178 Å². The van der Waals surface area contributed by atoms with Gasteiger partial charge in [0.05, 0.1) is 0 Å². The number of rotatable bonds is 2. The first kappa shape index (κ1) is 44.7. The molecule has 2 aliphatic heterocycles. The largest absolute Gasteiger partial charge is 0.463 e. The molecule has 0 amide bonds. The molecule has 0 N–H and O–H groups in total. The number of aromatic nitrogens is 1. The van der Waals surface area contributed by atoms with E-state index in [1.165, 1.54) is 55.6 Å². The molecule has 5 aromatic carbocycles. The van der Waals surface area contributed by atoms with Crippen LogP contribution in [0.4, 0.5) is 34.3 Å². The Morgan fingerprint density at radius 1 is 0.457 bits per heavy atom. The zero-order chi connectivity index (χ0) is 49.4. The molecule has 1 atom stereocenters. The average molecular weight is 920 g/mol. The summed E-state index contributed by atoms with van der Waals surface area (Å²) in [7, 11) is 0. The molecule has 352 valence electrons. The van der Waals surface area contributed by atoms with Gasteiger partial charge in [0.25, 0.3) is 6.71 Å². The molecule has 0 bridgehead atoms. The summed E-state index contributed by atoms with van der Waals surface area (Å²) in [6.45, 7) is 34.3. The molecule has 5 nitrogen and oxygen atoms in total. The van der Waals surface area contributed by atoms with E-state index in [1.807, 2.05) is 6.20 Å². The quantitative estimate of drug-likeness (QED) is 0.162. The van der Waals surface area contributed by atoms with E-state index in [0.717, 1.165) is 68.0 Å². The second-order valence-electron chi connectivity index (χ2n) is 25.7. The van der Waals surface area contributed by atoms with Crippen LogP contribution in [0.2, 0.25) is 0 Å². The first-order valence-corrected chi connectivity index (χ1v) is 25.4. The van der Waals surface area contributed by atoms with Crippen molar-refractivity contribution in [1.82, 2.24) is 4.98 Å². The van der Waals surface area contributed by atoms with Gasteiger partial charge in [0.15, 0.2) is 0 Å². The topological polar surface area (TPSA) is 45.7 Å². The Kier molecular flexibility index (Phi) is 9.13. The number of anilines is 6. The van der Waals surface area contributed by atoms with Crippen molar-refractivity contribution in [2.24, 2.45) is 0 Å². The second-order valence-corrected chi connectivity index (χ2v) is 25.7. The van der Waals surface area contributed by atoms with Gasteiger partial charge in [-0.2, -0.15) is 0 Å². The van der Waals surface area contributed by atoms with Crippen LogP contribution in [0, 0.1) is 0 Å². The minimum absolute atomic E-state index is 0.0152. The summed E-state index contributed by atoms with van der Waals surface area (Å²) in [4.78, 5) is 9.90. The zero-order valence-corrected chi connectivity index (χ0v) is 43.9. The molecular weight excluding hydrogens is 854 g/mol. The highest BCUT2D eigenvalue weighted by Gasteiger charge is 2.61. The third-order valence-electron chi connectivity index (χ3n) is 15.9. The van der Waals surface area contributed by atoms with Crippen LogP contribution in [0.25, 0.3) is 22.3 Å². The fourth-order valence-electron chi connectivity index (χ4n) is 12.0. The average Bonchev–Trinajstić information content (AvgIpc) is 4.04. The maximum absolute atomic E-state index is 7.98. The lowest BCUT2D eigenvalue weighted by Gasteiger charge is -2.44. The second kappa shape index (κ2) is 14.3. The van der Waals surface area contributed by atoms with Crippen molar-refractivity contribution in [2.75, 3.05) is 9.80 Å². The van der Waals surface area contributed by atoms with Crippen LogP contribution in [0.3, 0.4) is 0 Å². The third-order valence-corrected chi connectivity index (χ3v) is 15.9. The Morgan fingerprint density at radius 3 is 1.60 bits per heavy atom. The molecule has 6 heteroatoms. The van der Waals surface area contributed by atoms with Gasteiger partial charge in [-0.3, -0.25) is 9.88 Å². The monoisotopic (exact) mass is 920 g/mol. The summed E-state index contributed by atoms with van der Waals surface area (Å²) < 4.78 is 15.4. The highest BCUT2D eigenvalue weighted by Crippen LogP contribution is 2.65. The van der Waals surface area contributed by atoms with E-state index in [4.69, 9.17) is 13.8 Å². The molecular formula is C64H66BN3O2. The Bertz CT molecular complexity index is 3410. The van der Waals surface area contributed by atoms with Gasteiger partial charge in [-0.25, -0.2) is 0 Å². The molecule has 0 fully saturated rings. The molecule has 8 aromatic rings. The maximum atomic E-state index is 7.98. The van der Waals surface area contributed by atoms with Gasteiger partial charge < -0.3 is 13.7 Å². The van der Waals surface area contributed by atoms with Crippen molar-refractivity contribution < 1.29 is 8.83 Å². The predicted molar refractivity (Wildman–Crippen MR) is 293 cm³/mol. The number of fused-ring (bicyclic) bond motifs is 15. The Balaban J connectivity index is 1.25. The van der Waals surface area contributed by atoms with Gasteiger partial charge >= 0.3 is 0 Å². The fourth-order valence-corrected chi connectivity index (χ4v) is 12.0. The summed E-state index contributed by atoms with van der Waals surface area (Å²) in [5, 5.41) is 0. The van der Waals surface area contributed by atoms with Crippen LogP contribution in [-0.4, -0.2) is 11.7 Å². The third kappa shape index (κ3) is 6.20. The van der Waals surface area contributed by atoms with Gasteiger partial charge in [-0.05, 0) is 126 Å². The Labute approximate surface area is 416 Å². The predicted octanol–water partition coefficient (Wildman–Crippen LogP) is 15.2. The molecule has 0 radical (unpaired) electrons. The maximum Gasteiger partial charge on any atom is 0.257 e. The van der Waals surface area contributed by atoms with Crippen LogP contribution in [0.15, 0.2) is 136 Å². The van der Waals surface area contributed by atoms with Crippen molar-refractivity contribution in [2.45, 2.75) is 136 Å². The number of hydrogen-bond acceptors (Lipinski definition) is 5. The Morgan fingerprint density at radius 2 is 1.00 bits per heavy atom. The first-order chi connectivity index (χ1) is 32.9. The standard InChI is InChI=1S/C64H66BN3O2/c1-59(2,3)37-20-25-41(26-21-37)67-49-32-39(61(7,8)9)24-29-48(49)65-54-50(67)33-40(62(10,11)12)34-51(54)68(42-27-22-38(23-28-42)60(4,5)6)58-55(65)53-45-35-52(63(13,14)15)69-56(45)64(57(53)70-58)46-19-17-16-18-43(46)44-30-31-66-36-47(44)64/h16-36H,1-15H3. The van der Waals surface area contributed by atoms with Crippen LogP contribution < -0.4 is 26.2 Å². The van der Waals surface area contributed by atoms with Gasteiger partial charge in [0.1, 0.15) is 22.7 Å².